The minimum atomic E-state index is -3.67. The quantitative estimate of drug-likeness (QED) is 0.824. The fourth-order valence-corrected chi connectivity index (χ4v) is 4.05. The summed E-state index contributed by atoms with van der Waals surface area (Å²) in [4.78, 5) is 17.3. The molecule has 1 unspecified atom stereocenters. The second-order valence-corrected chi connectivity index (χ2v) is 8.37. The molecular weight excluding hydrogens is 369 g/mol. The summed E-state index contributed by atoms with van der Waals surface area (Å²) in [6.45, 7) is 3.90. The maximum atomic E-state index is 13.0. The summed E-state index contributed by atoms with van der Waals surface area (Å²) in [5, 5.41) is 2.70. The minimum Gasteiger partial charge on any atom is -0.324 e. The number of nitrogens with one attached hydrogen (secondary N) is 2. The van der Waals surface area contributed by atoms with Crippen molar-refractivity contribution in [1.82, 2.24) is 4.72 Å². The second-order valence-electron chi connectivity index (χ2n) is 6.72. The van der Waals surface area contributed by atoms with Crippen molar-refractivity contribution in [3.05, 3.63) is 59.9 Å². The third-order valence-electron chi connectivity index (χ3n) is 4.06. The maximum absolute atomic E-state index is 13.0. The highest BCUT2D eigenvalue weighted by Crippen LogP contribution is 2.23. The molecule has 2 aromatic rings. The molecule has 6 nitrogen and oxygen atoms in total. The fourth-order valence-electron chi connectivity index (χ4n) is 2.81. The molecule has 1 heterocycles. The van der Waals surface area contributed by atoms with Gasteiger partial charge in [0.25, 0.3) is 10.0 Å². The van der Waals surface area contributed by atoms with E-state index < -0.39 is 21.9 Å². The number of anilines is 1. The van der Waals surface area contributed by atoms with Gasteiger partial charge in [0, 0.05) is 11.3 Å². The van der Waals surface area contributed by atoms with Crippen LogP contribution in [0.3, 0.4) is 0 Å². The highest BCUT2D eigenvalue weighted by molar-refractivity contribution is 7.90. The van der Waals surface area contributed by atoms with Crippen LogP contribution >= 0.6 is 0 Å². The average Bonchev–Trinajstić information content (AvgIpc) is 2.87. The van der Waals surface area contributed by atoms with Gasteiger partial charge in [-0.1, -0.05) is 26.0 Å². The van der Waals surface area contributed by atoms with E-state index in [0.29, 0.717) is 17.7 Å². The summed E-state index contributed by atoms with van der Waals surface area (Å²) < 4.78 is 39.9. The van der Waals surface area contributed by atoms with Gasteiger partial charge in [-0.3, -0.25) is 14.5 Å². The predicted octanol–water partition coefficient (Wildman–Crippen LogP) is 2.92. The first-order chi connectivity index (χ1) is 12.8. The van der Waals surface area contributed by atoms with Gasteiger partial charge in [0.1, 0.15) is 17.7 Å². The van der Waals surface area contributed by atoms with Crippen LogP contribution in [0.25, 0.3) is 0 Å². The van der Waals surface area contributed by atoms with Gasteiger partial charge in [-0.2, -0.15) is 0 Å². The van der Waals surface area contributed by atoms with Crippen LogP contribution in [0.2, 0.25) is 0 Å². The number of amides is 1. The summed E-state index contributed by atoms with van der Waals surface area (Å²) >= 11 is 0. The van der Waals surface area contributed by atoms with Crippen molar-refractivity contribution in [1.29, 1.82) is 0 Å². The number of benzene rings is 2. The number of rotatable bonds is 5. The Labute approximate surface area is 157 Å². The number of carbonyl (C=O) groups is 1. The molecule has 142 valence electrons. The molecule has 2 N–H and O–H groups in total. The second kappa shape index (κ2) is 7.48. The first-order valence-corrected chi connectivity index (χ1v) is 10.0. The zero-order valence-electron chi connectivity index (χ0n) is 14.9. The highest BCUT2D eigenvalue weighted by atomic mass is 32.2. The normalized spacial score (nSPS) is 17.4. The third kappa shape index (κ3) is 4.33. The standard InChI is InChI=1S/C19H20FN3O3S/c1-12(2)11-16(19(24)21-14-9-7-13(20)8-10-14)22-18-15-5-3-4-6-17(15)27(25,26)23-18/h3-10,12,16H,11H2,1-2H3,(H,21,24)(H,22,23). The molecule has 2 aromatic carbocycles. The first-order valence-electron chi connectivity index (χ1n) is 8.53. The maximum Gasteiger partial charge on any atom is 0.263 e. The largest absolute Gasteiger partial charge is 0.324 e. The number of carbonyl (C=O) groups excluding carboxylic acids is 1. The van der Waals surface area contributed by atoms with E-state index in [2.05, 4.69) is 15.0 Å². The van der Waals surface area contributed by atoms with Crippen LogP contribution in [-0.2, 0) is 14.8 Å². The number of fused-ring (bicyclic) bond motifs is 1. The number of amidine groups is 1. The molecule has 0 saturated carbocycles. The van der Waals surface area contributed by atoms with E-state index >= 15 is 0 Å². The Bertz CT molecular complexity index is 986. The molecule has 1 aliphatic heterocycles. The molecule has 1 amide bonds. The molecule has 0 radical (unpaired) electrons. The molecule has 1 atom stereocenters. The molecule has 3 rings (SSSR count). The van der Waals surface area contributed by atoms with Crippen LogP contribution in [0.1, 0.15) is 25.8 Å². The molecule has 8 heteroatoms. The lowest BCUT2D eigenvalue weighted by molar-refractivity contribution is -0.117. The van der Waals surface area contributed by atoms with Gasteiger partial charge in [-0.15, -0.1) is 0 Å². The lowest BCUT2D eigenvalue weighted by atomic mass is 10.0. The third-order valence-corrected chi connectivity index (χ3v) is 5.45. The Morgan fingerprint density at radius 2 is 1.81 bits per heavy atom. The number of hydrogen-bond donors (Lipinski definition) is 2. The topological polar surface area (TPSA) is 87.6 Å². The zero-order valence-corrected chi connectivity index (χ0v) is 15.8. The number of halogens is 1. The Morgan fingerprint density at radius 1 is 1.15 bits per heavy atom. The Balaban J connectivity index is 1.90. The lowest BCUT2D eigenvalue weighted by Gasteiger charge is -2.16. The van der Waals surface area contributed by atoms with Crippen LogP contribution in [-0.4, -0.2) is 26.2 Å². The first kappa shape index (κ1) is 19.0. The van der Waals surface area contributed by atoms with E-state index in [-0.39, 0.29) is 22.6 Å². The van der Waals surface area contributed by atoms with E-state index in [9.17, 15) is 17.6 Å². The molecule has 0 fully saturated rings. The van der Waals surface area contributed by atoms with Crippen molar-refractivity contribution in [2.45, 2.75) is 31.2 Å². The monoisotopic (exact) mass is 389 g/mol. The summed E-state index contributed by atoms with van der Waals surface area (Å²) in [5.41, 5.74) is 0.892. The van der Waals surface area contributed by atoms with Crippen LogP contribution in [0, 0.1) is 11.7 Å². The number of hydrogen-bond acceptors (Lipinski definition) is 4. The van der Waals surface area contributed by atoms with E-state index in [1.807, 2.05) is 13.8 Å². The van der Waals surface area contributed by atoms with E-state index in [0.717, 1.165) is 0 Å². The minimum absolute atomic E-state index is 0.144. The molecule has 0 aliphatic carbocycles. The van der Waals surface area contributed by atoms with Gasteiger partial charge in [-0.25, -0.2) is 12.8 Å². The molecular formula is C19H20FN3O3S. The molecule has 0 saturated heterocycles. The van der Waals surface area contributed by atoms with Crippen molar-refractivity contribution in [3.8, 4) is 0 Å². The van der Waals surface area contributed by atoms with E-state index in [4.69, 9.17) is 0 Å². The number of aliphatic imine (C=N–C) groups is 1. The van der Waals surface area contributed by atoms with Crippen LogP contribution in [0.15, 0.2) is 58.4 Å². The molecule has 27 heavy (non-hydrogen) atoms. The van der Waals surface area contributed by atoms with Gasteiger partial charge < -0.3 is 5.32 Å². The summed E-state index contributed by atoms with van der Waals surface area (Å²) in [5.74, 6) is -0.465. The average molecular weight is 389 g/mol. The van der Waals surface area contributed by atoms with Crippen molar-refractivity contribution < 1.29 is 17.6 Å². The van der Waals surface area contributed by atoms with Crippen LogP contribution in [0.5, 0.6) is 0 Å². The summed E-state index contributed by atoms with van der Waals surface area (Å²) in [7, 11) is -3.67. The molecule has 0 aromatic heterocycles. The smallest absolute Gasteiger partial charge is 0.263 e. The fraction of sp³-hybridized carbons (Fsp3) is 0.263. The van der Waals surface area contributed by atoms with Crippen molar-refractivity contribution in [2.75, 3.05) is 5.32 Å². The highest BCUT2D eigenvalue weighted by Gasteiger charge is 2.32. The predicted molar refractivity (Wildman–Crippen MR) is 102 cm³/mol. The molecule has 0 bridgehead atoms. The SMILES string of the molecule is CC(C)CC(N=C1NS(=O)(=O)c2ccccc21)C(=O)Nc1ccc(F)cc1. The van der Waals surface area contributed by atoms with Gasteiger partial charge >= 0.3 is 0 Å². The van der Waals surface area contributed by atoms with Crippen LogP contribution < -0.4 is 10.0 Å². The van der Waals surface area contributed by atoms with Gasteiger partial charge in [0.2, 0.25) is 5.91 Å². The molecule has 0 spiro atoms. The Morgan fingerprint density at radius 3 is 2.48 bits per heavy atom. The summed E-state index contributed by atoms with van der Waals surface area (Å²) in [6, 6.07) is 11.1. The lowest BCUT2D eigenvalue weighted by Crippen LogP contribution is -2.31. The van der Waals surface area contributed by atoms with Crippen molar-refractivity contribution in [2.24, 2.45) is 10.9 Å². The zero-order chi connectivity index (χ0) is 19.6. The van der Waals surface area contributed by atoms with Gasteiger partial charge in [0.15, 0.2) is 0 Å². The van der Waals surface area contributed by atoms with Crippen LogP contribution in [0.4, 0.5) is 10.1 Å². The summed E-state index contributed by atoms with van der Waals surface area (Å²) in [6.07, 6.45) is 0.431. The Hall–Kier alpha value is -2.74. The van der Waals surface area contributed by atoms with Crippen molar-refractivity contribution in [3.63, 3.8) is 0 Å². The molecule has 1 aliphatic rings. The van der Waals surface area contributed by atoms with Gasteiger partial charge in [0.05, 0.1) is 4.90 Å². The number of sulfonamides is 1. The van der Waals surface area contributed by atoms with E-state index in [1.54, 1.807) is 18.2 Å². The number of nitrogens with zero attached hydrogens (tertiary/aromatic N) is 1. The Kier molecular flexibility index (Phi) is 5.27. The van der Waals surface area contributed by atoms with Gasteiger partial charge in [-0.05, 0) is 48.7 Å². The van der Waals surface area contributed by atoms with Crippen molar-refractivity contribution >= 4 is 27.5 Å². The van der Waals surface area contributed by atoms with E-state index in [1.165, 1.54) is 30.3 Å².